The Kier molecular flexibility index (Phi) is 3.56. The fourth-order valence-electron chi connectivity index (χ4n) is 3.06. The largest absolute Gasteiger partial charge is 0.481 e. The number of nitrogens with one attached hydrogen (secondary N) is 1. The highest BCUT2D eigenvalue weighted by Crippen LogP contribution is 2.26. The first-order chi connectivity index (χ1) is 10.5. The average molecular weight is 302 g/mol. The molecule has 3 rings (SSSR count). The minimum Gasteiger partial charge on any atom is -0.481 e. The zero-order chi connectivity index (χ0) is 15.9. The van der Waals surface area contributed by atoms with E-state index in [0.29, 0.717) is 30.6 Å². The minimum atomic E-state index is -0.843. The van der Waals surface area contributed by atoms with E-state index in [0.717, 1.165) is 11.1 Å². The molecule has 2 aromatic heterocycles. The SMILES string of the molecule is Cc1[nH]nc2ncc(C(=O)N3CCC[C@@H](C(=O)O)[C@H]3C)cc12. The molecule has 0 unspecified atom stereocenters. The van der Waals surface area contributed by atoms with Gasteiger partial charge in [-0.25, -0.2) is 4.98 Å². The normalized spacial score (nSPS) is 22.0. The maximum atomic E-state index is 12.7. The highest BCUT2D eigenvalue weighted by atomic mass is 16.4. The van der Waals surface area contributed by atoms with E-state index in [1.165, 1.54) is 6.20 Å². The third-order valence-electron chi connectivity index (χ3n) is 4.41. The molecule has 7 heteroatoms. The first kappa shape index (κ1) is 14.5. The Bertz CT molecular complexity index is 739. The molecule has 0 bridgehead atoms. The number of aryl methyl sites for hydroxylation is 1. The second-order valence-electron chi connectivity index (χ2n) is 5.77. The monoisotopic (exact) mass is 302 g/mol. The van der Waals surface area contributed by atoms with Crippen LogP contribution in [0.4, 0.5) is 0 Å². The summed E-state index contributed by atoms with van der Waals surface area (Å²) in [6.45, 7) is 4.24. The molecular formula is C15H18N4O3. The molecule has 1 amide bonds. The van der Waals surface area contributed by atoms with Crippen molar-refractivity contribution in [2.75, 3.05) is 6.54 Å². The predicted octanol–water partition coefficient (Wildman–Crippen LogP) is 1.59. The summed E-state index contributed by atoms with van der Waals surface area (Å²) < 4.78 is 0. The Balaban J connectivity index is 1.91. The maximum Gasteiger partial charge on any atom is 0.308 e. The van der Waals surface area contributed by atoms with Crippen LogP contribution in [0.5, 0.6) is 0 Å². The summed E-state index contributed by atoms with van der Waals surface area (Å²) >= 11 is 0. The van der Waals surface area contributed by atoms with Crippen molar-refractivity contribution in [1.29, 1.82) is 0 Å². The van der Waals surface area contributed by atoms with Gasteiger partial charge in [0.25, 0.3) is 5.91 Å². The maximum absolute atomic E-state index is 12.7. The average Bonchev–Trinajstić information content (AvgIpc) is 2.87. The van der Waals surface area contributed by atoms with Crippen molar-refractivity contribution < 1.29 is 14.7 Å². The molecule has 2 aromatic rings. The van der Waals surface area contributed by atoms with Gasteiger partial charge in [0.15, 0.2) is 5.65 Å². The third kappa shape index (κ3) is 2.32. The fourth-order valence-corrected chi connectivity index (χ4v) is 3.06. The number of aromatic amines is 1. The van der Waals surface area contributed by atoms with Crippen molar-refractivity contribution in [1.82, 2.24) is 20.1 Å². The molecule has 0 radical (unpaired) electrons. The number of carboxylic acids is 1. The van der Waals surface area contributed by atoms with Crippen LogP contribution in [-0.2, 0) is 4.79 Å². The predicted molar refractivity (Wildman–Crippen MR) is 79.5 cm³/mol. The number of H-pyrrole nitrogens is 1. The third-order valence-corrected chi connectivity index (χ3v) is 4.41. The van der Waals surface area contributed by atoms with E-state index < -0.39 is 11.9 Å². The molecule has 116 valence electrons. The van der Waals surface area contributed by atoms with Crippen molar-refractivity contribution in [2.45, 2.75) is 32.7 Å². The van der Waals surface area contributed by atoms with Crippen LogP contribution in [0.15, 0.2) is 12.3 Å². The van der Waals surface area contributed by atoms with Crippen molar-refractivity contribution in [3.8, 4) is 0 Å². The number of piperidine rings is 1. The van der Waals surface area contributed by atoms with Gasteiger partial charge < -0.3 is 10.0 Å². The highest BCUT2D eigenvalue weighted by Gasteiger charge is 2.35. The molecule has 0 aromatic carbocycles. The molecule has 3 heterocycles. The molecule has 1 aliphatic rings. The van der Waals surface area contributed by atoms with Crippen LogP contribution in [0.3, 0.4) is 0 Å². The molecule has 0 spiro atoms. The second-order valence-corrected chi connectivity index (χ2v) is 5.77. The lowest BCUT2D eigenvalue weighted by Gasteiger charge is -2.37. The number of aliphatic carboxylic acids is 1. The molecule has 1 aliphatic heterocycles. The number of amides is 1. The van der Waals surface area contributed by atoms with Gasteiger partial charge in [-0.2, -0.15) is 5.10 Å². The molecule has 2 atom stereocenters. The fraction of sp³-hybridized carbons (Fsp3) is 0.467. The van der Waals surface area contributed by atoms with Gasteiger partial charge in [0, 0.05) is 29.9 Å². The number of rotatable bonds is 2. The van der Waals surface area contributed by atoms with Crippen LogP contribution in [0.1, 0.15) is 35.8 Å². The molecule has 2 N–H and O–H groups in total. The number of hydrogen-bond donors (Lipinski definition) is 2. The van der Waals surface area contributed by atoms with Gasteiger partial charge in [-0.15, -0.1) is 0 Å². The summed E-state index contributed by atoms with van der Waals surface area (Å²) in [5.41, 5.74) is 1.89. The molecule has 1 fully saturated rings. The lowest BCUT2D eigenvalue weighted by atomic mass is 9.90. The first-order valence-electron chi connectivity index (χ1n) is 7.33. The summed E-state index contributed by atoms with van der Waals surface area (Å²) in [5.74, 6) is -1.53. The van der Waals surface area contributed by atoms with E-state index in [9.17, 15) is 14.7 Å². The number of carboxylic acid groups (broad SMARTS) is 1. The number of hydrogen-bond acceptors (Lipinski definition) is 4. The quantitative estimate of drug-likeness (QED) is 0.877. The number of fused-ring (bicyclic) bond motifs is 1. The zero-order valence-corrected chi connectivity index (χ0v) is 12.5. The van der Waals surface area contributed by atoms with Gasteiger partial charge in [0.2, 0.25) is 0 Å². The van der Waals surface area contributed by atoms with Crippen LogP contribution in [0.2, 0.25) is 0 Å². The van der Waals surface area contributed by atoms with E-state index in [1.54, 1.807) is 17.9 Å². The summed E-state index contributed by atoms with van der Waals surface area (Å²) in [7, 11) is 0. The Morgan fingerprint density at radius 1 is 1.45 bits per heavy atom. The van der Waals surface area contributed by atoms with Crippen molar-refractivity contribution in [3.05, 3.63) is 23.5 Å². The first-order valence-corrected chi connectivity index (χ1v) is 7.33. The Morgan fingerprint density at radius 2 is 2.23 bits per heavy atom. The molecular weight excluding hydrogens is 284 g/mol. The number of likely N-dealkylation sites (tertiary alicyclic amines) is 1. The van der Waals surface area contributed by atoms with Crippen LogP contribution >= 0.6 is 0 Å². The van der Waals surface area contributed by atoms with Gasteiger partial charge in [-0.3, -0.25) is 14.7 Å². The standard InChI is InChI=1S/C15H18N4O3/c1-8-12-6-10(7-16-13(12)18-17-8)14(20)19-5-3-4-11(9(19)2)15(21)22/h6-7,9,11H,3-5H2,1-2H3,(H,21,22)(H,16,17,18)/t9-,11-/m1/s1. The molecule has 0 aliphatic carbocycles. The summed E-state index contributed by atoms with van der Waals surface area (Å²) in [4.78, 5) is 29.8. The van der Waals surface area contributed by atoms with Gasteiger partial charge in [-0.1, -0.05) is 0 Å². The lowest BCUT2D eigenvalue weighted by Crippen LogP contribution is -2.49. The van der Waals surface area contributed by atoms with Crippen LogP contribution in [0, 0.1) is 12.8 Å². The summed E-state index contributed by atoms with van der Waals surface area (Å²) in [5, 5.41) is 17.0. The van der Waals surface area contributed by atoms with E-state index in [-0.39, 0.29) is 11.9 Å². The number of nitrogens with zero attached hydrogens (tertiary/aromatic N) is 3. The van der Waals surface area contributed by atoms with E-state index >= 15 is 0 Å². The smallest absolute Gasteiger partial charge is 0.308 e. The molecule has 22 heavy (non-hydrogen) atoms. The number of carbonyl (C=O) groups is 2. The van der Waals surface area contributed by atoms with Gasteiger partial charge in [-0.05, 0) is 32.8 Å². The number of aromatic nitrogens is 3. The minimum absolute atomic E-state index is 0.173. The summed E-state index contributed by atoms with van der Waals surface area (Å²) in [6.07, 6.45) is 2.81. The van der Waals surface area contributed by atoms with Crippen molar-refractivity contribution >= 4 is 22.9 Å². The topological polar surface area (TPSA) is 99.2 Å². The van der Waals surface area contributed by atoms with Gasteiger partial charge >= 0.3 is 5.97 Å². The van der Waals surface area contributed by atoms with Crippen molar-refractivity contribution in [2.24, 2.45) is 5.92 Å². The van der Waals surface area contributed by atoms with Crippen LogP contribution in [-0.4, -0.2) is 49.7 Å². The van der Waals surface area contributed by atoms with Crippen LogP contribution < -0.4 is 0 Å². The van der Waals surface area contributed by atoms with E-state index in [2.05, 4.69) is 15.2 Å². The number of carbonyl (C=O) groups excluding carboxylic acids is 1. The van der Waals surface area contributed by atoms with Gasteiger partial charge in [0.05, 0.1) is 11.5 Å². The molecule has 0 saturated carbocycles. The Labute approximate surface area is 127 Å². The Hall–Kier alpha value is -2.44. The highest BCUT2D eigenvalue weighted by molar-refractivity contribution is 5.97. The van der Waals surface area contributed by atoms with Crippen LogP contribution in [0.25, 0.3) is 11.0 Å². The van der Waals surface area contributed by atoms with E-state index in [4.69, 9.17) is 0 Å². The zero-order valence-electron chi connectivity index (χ0n) is 12.5. The van der Waals surface area contributed by atoms with Crippen molar-refractivity contribution in [3.63, 3.8) is 0 Å². The lowest BCUT2D eigenvalue weighted by molar-refractivity contribution is -0.144. The number of pyridine rings is 1. The second kappa shape index (κ2) is 5.40. The van der Waals surface area contributed by atoms with Gasteiger partial charge in [0.1, 0.15) is 0 Å². The summed E-state index contributed by atoms with van der Waals surface area (Å²) in [6, 6.07) is 1.44. The Morgan fingerprint density at radius 3 is 2.95 bits per heavy atom. The molecule has 7 nitrogen and oxygen atoms in total. The van der Waals surface area contributed by atoms with E-state index in [1.807, 2.05) is 6.92 Å². The molecule has 1 saturated heterocycles.